The molecule has 0 radical (unpaired) electrons. The average molecular weight is 537 g/mol. The number of para-hydroxylation sites is 1. The number of carboxylic acid groups (broad SMARTS) is 1. The number of thiazole rings is 1. The summed E-state index contributed by atoms with van der Waals surface area (Å²) in [5.41, 5.74) is 1.89. The van der Waals surface area contributed by atoms with E-state index in [9.17, 15) is 14.4 Å². The van der Waals surface area contributed by atoms with Crippen LogP contribution >= 0.6 is 11.3 Å². The third-order valence-corrected chi connectivity index (χ3v) is 6.83. The van der Waals surface area contributed by atoms with Crippen molar-refractivity contribution in [2.75, 3.05) is 20.3 Å². The van der Waals surface area contributed by atoms with Crippen molar-refractivity contribution in [2.24, 2.45) is 4.99 Å². The van der Waals surface area contributed by atoms with Crippen LogP contribution in [0.3, 0.4) is 0 Å². The molecule has 10 heteroatoms. The molecular weight excluding hydrogens is 508 g/mol. The fourth-order valence-electron chi connectivity index (χ4n) is 4.30. The highest BCUT2D eigenvalue weighted by molar-refractivity contribution is 7.07. The number of esters is 1. The van der Waals surface area contributed by atoms with Crippen molar-refractivity contribution in [1.82, 2.24) is 4.57 Å². The first kappa shape index (κ1) is 26.9. The molecule has 1 N–H and O–H groups in total. The van der Waals surface area contributed by atoms with Crippen molar-refractivity contribution in [2.45, 2.75) is 32.7 Å². The number of benzene rings is 2. The Bertz CT molecular complexity index is 1570. The van der Waals surface area contributed by atoms with Gasteiger partial charge in [-0.05, 0) is 43.2 Å². The predicted octanol–water partition coefficient (Wildman–Crippen LogP) is 3.05. The highest BCUT2D eigenvalue weighted by Crippen LogP contribution is 2.36. The third kappa shape index (κ3) is 5.55. The second-order valence-electron chi connectivity index (χ2n) is 8.41. The van der Waals surface area contributed by atoms with Crippen LogP contribution in [-0.4, -0.2) is 41.9 Å². The number of fused-ring (bicyclic) bond motifs is 1. The Morgan fingerprint density at radius 2 is 1.95 bits per heavy atom. The van der Waals surface area contributed by atoms with Gasteiger partial charge in [-0.1, -0.05) is 55.0 Å². The Labute approximate surface area is 222 Å². The number of nitrogens with zero attached hydrogens (tertiary/aromatic N) is 2. The number of methoxy groups -OCH3 is 1. The van der Waals surface area contributed by atoms with Crippen LogP contribution in [0.15, 0.2) is 69.6 Å². The maximum Gasteiger partial charge on any atom is 0.341 e. The molecule has 0 amide bonds. The van der Waals surface area contributed by atoms with E-state index in [4.69, 9.17) is 24.3 Å². The molecule has 0 saturated carbocycles. The first-order valence-corrected chi connectivity index (χ1v) is 13.0. The van der Waals surface area contributed by atoms with Gasteiger partial charge in [-0.25, -0.2) is 14.6 Å². The molecule has 2 aromatic carbocycles. The van der Waals surface area contributed by atoms with Crippen LogP contribution in [0.2, 0.25) is 0 Å². The van der Waals surface area contributed by atoms with Crippen molar-refractivity contribution < 1.29 is 28.9 Å². The van der Waals surface area contributed by atoms with Crippen LogP contribution in [0.25, 0.3) is 6.08 Å². The van der Waals surface area contributed by atoms with E-state index >= 15 is 0 Å². The Hall–Kier alpha value is -4.18. The smallest absolute Gasteiger partial charge is 0.341 e. The minimum absolute atomic E-state index is 0.186. The lowest BCUT2D eigenvalue weighted by atomic mass is 9.93. The number of carbonyl (C=O) groups is 2. The summed E-state index contributed by atoms with van der Waals surface area (Å²) < 4.78 is 18.2. The summed E-state index contributed by atoms with van der Waals surface area (Å²) in [6, 6.07) is 13.3. The minimum Gasteiger partial charge on any atom is -0.496 e. The molecular formula is C28H28N2O7S. The molecule has 0 spiro atoms. The molecule has 38 heavy (non-hydrogen) atoms. The number of aliphatic carboxylic acids is 1. The molecule has 1 aliphatic heterocycles. The topological polar surface area (TPSA) is 116 Å². The van der Waals surface area contributed by atoms with Gasteiger partial charge in [0.15, 0.2) is 11.4 Å². The van der Waals surface area contributed by atoms with E-state index in [1.807, 2.05) is 25.1 Å². The molecule has 0 unspecified atom stereocenters. The van der Waals surface area contributed by atoms with Crippen LogP contribution in [0.4, 0.5) is 0 Å². The van der Waals surface area contributed by atoms with Crippen LogP contribution < -0.4 is 24.4 Å². The molecule has 1 atom stereocenters. The Morgan fingerprint density at radius 3 is 2.66 bits per heavy atom. The SMILES string of the molecule is CCCC1=C(C(=O)OCC)[C@H](c2ccccc2OC)n2c(s/c(=C\c3cccc(OCC(=O)O)c3)c2=O)=N1. The summed E-state index contributed by atoms with van der Waals surface area (Å²) in [5.74, 6) is -0.695. The van der Waals surface area contributed by atoms with Crippen molar-refractivity contribution >= 4 is 29.4 Å². The molecule has 9 nitrogen and oxygen atoms in total. The van der Waals surface area contributed by atoms with Crippen molar-refractivity contribution in [3.8, 4) is 11.5 Å². The van der Waals surface area contributed by atoms with E-state index < -0.39 is 24.6 Å². The lowest BCUT2D eigenvalue weighted by Crippen LogP contribution is -2.40. The van der Waals surface area contributed by atoms with Gasteiger partial charge in [0.2, 0.25) is 0 Å². The standard InChI is InChI=1S/C28H28N2O7S/c1-4-9-20-24(27(34)36-5-2)25(19-12-6-7-13-21(19)35-3)30-26(33)22(38-28(30)29-20)15-17-10-8-11-18(14-17)37-16-23(31)32/h6-8,10-15,25H,4-5,9,16H2,1-3H3,(H,31,32)/b22-15-/t25-/m0/s1. The molecule has 0 saturated heterocycles. The van der Waals surface area contributed by atoms with Crippen LogP contribution in [0.1, 0.15) is 43.9 Å². The zero-order chi connectivity index (χ0) is 27.2. The fraction of sp³-hybridized carbons (Fsp3) is 0.286. The van der Waals surface area contributed by atoms with Crippen molar-refractivity contribution in [3.05, 3.63) is 90.6 Å². The number of rotatable bonds is 10. The average Bonchev–Trinajstić information content (AvgIpc) is 3.21. The molecule has 3 aromatic rings. The van der Waals surface area contributed by atoms with Gasteiger partial charge in [-0.2, -0.15) is 0 Å². The van der Waals surface area contributed by atoms with Crippen molar-refractivity contribution in [3.63, 3.8) is 0 Å². The lowest BCUT2D eigenvalue weighted by molar-refractivity contribution is -0.140. The lowest BCUT2D eigenvalue weighted by Gasteiger charge is -2.26. The molecule has 198 valence electrons. The highest BCUT2D eigenvalue weighted by atomic mass is 32.1. The first-order chi connectivity index (χ1) is 18.4. The molecule has 0 aliphatic carbocycles. The van der Waals surface area contributed by atoms with Gasteiger partial charge in [0.25, 0.3) is 5.56 Å². The number of aromatic nitrogens is 1. The predicted molar refractivity (Wildman–Crippen MR) is 142 cm³/mol. The number of hydrogen-bond acceptors (Lipinski definition) is 8. The second kappa shape index (κ2) is 11.9. The summed E-state index contributed by atoms with van der Waals surface area (Å²) in [7, 11) is 1.54. The highest BCUT2D eigenvalue weighted by Gasteiger charge is 2.35. The van der Waals surface area contributed by atoms with Gasteiger partial charge >= 0.3 is 11.9 Å². The largest absolute Gasteiger partial charge is 0.496 e. The summed E-state index contributed by atoms with van der Waals surface area (Å²) in [4.78, 5) is 43.2. The summed E-state index contributed by atoms with van der Waals surface area (Å²) in [6.07, 6.45) is 2.98. The Morgan fingerprint density at radius 1 is 1.16 bits per heavy atom. The maximum atomic E-state index is 13.8. The van der Waals surface area contributed by atoms with E-state index in [1.165, 1.54) is 15.9 Å². The van der Waals surface area contributed by atoms with E-state index in [1.54, 1.807) is 50.4 Å². The fourth-order valence-corrected chi connectivity index (χ4v) is 5.32. The molecule has 4 rings (SSSR count). The van der Waals surface area contributed by atoms with E-state index in [0.29, 0.717) is 49.7 Å². The maximum absolute atomic E-state index is 13.8. The quantitative estimate of drug-likeness (QED) is 0.396. The van der Waals surface area contributed by atoms with Gasteiger partial charge in [-0.15, -0.1) is 0 Å². The molecule has 1 aliphatic rings. The number of hydrogen-bond donors (Lipinski definition) is 1. The molecule has 1 aromatic heterocycles. The summed E-state index contributed by atoms with van der Waals surface area (Å²) in [5, 5.41) is 8.89. The third-order valence-electron chi connectivity index (χ3n) is 5.84. The Balaban J connectivity index is 1.93. The first-order valence-electron chi connectivity index (χ1n) is 12.2. The van der Waals surface area contributed by atoms with E-state index in [2.05, 4.69) is 0 Å². The molecule has 0 bridgehead atoms. The van der Waals surface area contributed by atoms with Crippen LogP contribution in [0.5, 0.6) is 11.5 Å². The van der Waals surface area contributed by atoms with Gasteiger partial charge in [0, 0.05) is 5.56 Å². The second-order valence-corrected chi connectivity index (χ2v) is 9.42. The van der Waals surface area contributed by atoms with Gasteiger partial charge in [-0.3, -0.25) is 9.36 Å². The van der Waals surface area contributed by atoms with Gasteiger partial charge in [0.1, 0.15) is 17.5 Å². The number of carboxylic acids is 1. The normalized spacial score (nSPS) is 15.0. The van der Waals surface area contributed by atoms with Crippen LogP contribution in [0, 0.1) is 0 Å². The van der Waals surface area contributed by atoms with E-state index in [-0.39, 0.29) is 12.2 Å². The number of ether oxygens (including phenoxy) is 3. The molecule has 0 fully saturated rings. The monoisotopic (exact) mass is 536 g/mol. The number of allylic oxidation sites excluding steroid dienone is 1. The minimum atomic E-state index is -1.08. The summed E-state index contributed by atoms with van der Waals surface area (Å²) in [6.45, 7) is 3.45. The summed E-state index contributed by atoms with van der Waals surface area (Å²) >= 11 is 1.22. The number of carbonyl (C=O) groups excluding carboxylic acids is 1. The molecule has 2 heterocycles. The zero-order valence-corrected chi connectivity index (χ0v) is 22.1. The van der Waals surface area contributed by atoms with E-state index in [0.717, 1.165) is 6.42 Å². The van der Waals surface area contributed by atoms with Gasteiger partial charge in [0.05, 0.1) is 29.5 Å². The zero-order valence-electron chi connectivity index (χ0n) is 21.3. The van der Waals surface area contributed by atoms with Gasteiger partial charge < -0.3 is 19.3 Å². The van der Waals surface area contributed by atoms with Crippen LogP contribution in [-0.2, 0) is 14.3 Å². The Kier molecular flexibility index (Phi) is 8.42. The van der Waals surface area contributed by atoms with Crippen molar-refractivity contribution in [1.29, 1.82) is 0 Å².